The lowest BCUT2D eigenvalue weighted by Gasteiger charge is -2.19. The van der Waals surface area contributed by atoms with Crippen LogP contribution in [0.25, 0.3) is 0 Å². The van der Waals surface area contributed by atoms with E-state index in [9.17, 15) is 14.4 Å². The summed E-state index contributed by atoms with van der Waals surface area (Å²) in [5, 5.41) is 3.31. The zero-order valence-corrected chi connectivity index (χ0v) is 16.0. The average Bonchev–Trinajstić information content (AvgIpc) is 3.40. The third-order valence-corrected chi connectivity index (χ3v) is 5.28. The molecular formula is C19H24N2O4S. The van der Waals surface area contributed by atoms with E-state index in [-0.39, 0.29) is 24.3 Å². The van der Waals surface area contributed by atoms with E-state index < -0.39 is 5.97 Å². The van der Waals surface area contributed by atoms with Crippen LogP contribution in [0.2, 0.25) is 0 Å². The fourth-order valence-corrected chi connectivity index (χ4v) is 3.45. The van der Waals surface area contributed by atoms with Crippen LogP contribution in [0.1, 0.15) is 33.6 Å². The summed E-state index contributed by atoms with van der Waals surface area (Å²) < 4.78 is 5.21. The first kappa shape index (κ1) is 19.9. The molecule has 1 fully saturated rings. The van der Waals surface area contributed by atoms with Crippen molar-refractivity contribution in [3.63, 3.8) is 0 Å². The number of esters is 1. The van der Waals surface area contributed by atoms with Gasteiger partial charge in [-0.1, -0.05) is 12.2 Å². The van der Waals surface area contributed by atoms with Crippen molar-refractivity contribution < 1.29 is 19.1 Å². The minimum Gasteiger partial charge on any atom is -0.452 e. The molecule has 0 unspecified atom stereocenters. The van der Waals surface area contributed by atoms with Crippen molar-refractivity contribution in [3.8, 4) is 0 Å². The molecule has 1 aliphatic carbocycles. The first-order chi connectivity index (χ1) is 12.4. The summed E-state index contributed by atoms with van der Waals surface area (Å²) in [6.45, 7) is 11.2. The standard InChI is InChI=1S/C19H24N2O4S/c1-5-9-21(10-6-2)15(22)11-25-19(24)16-12(3)13(4)26-18(16)20-17(23)14-7-8-14/h5-6,14H,1-2,7-11H2,3-4H3,(H,20,23). The summed E-state index contributed by atoms with van der Waals surface area (Å²) in [4.78, 5) is 39.2. The van der Waals surface area contributed by atoms with Crippen LogP contribution in [0, 0.1) is 19.8 Å². The summed E-state index contributed by atoms with van der Waals surface area (Å²) >= 11 is 1.34. The number of carbonyl (C=O) groups is 3. The maximum absolute atomic E-state index is 12.5. The van der Waals surface area contributed by atoms with Gasteiger partial charge in [0, 0.05) is 23.9 Å². The molecule has 140 valence electrons. The van der Waals surface area contributed by atoms with Crippen LogP contribution in [-0.2, 0) is 14.3 Å². The largest absolute Gasteiger partial charge is 0.452 e. The maximum Gasteiger partial charge on any atom is 0.341 e. The zero-order valence-electron chi connectivity index (χ0n) is 15.2. The average molecular weight is 376 g/mol. The SMILES string of the molecule is C=CCN(CC=C)C(=O)COC(=O)c1c(NC(=O)C2CC2)sc(C)c1C. The molecule has 0 aliphatic heterocycles. The van der Waals surface area contributed by atoms with Crippen LogP contribution in [0.15, 0.2) is 25.3 Å². The molecule has 1 heterocycles. The molecular weight excluding hydrogens is 352 g/mol. The molecule has 0 spiro atoms. The Bertz CT molecular complexity index is 724. The summed E-state index contributed by atoms with van der Waals surface area (Å²) in [6, 6.07) is 0. The van der Waals surface area contributed by atoms with E-state index in [1.54, 1.807) is 19.1 Å². The van der Waals surface area contributed by atoms with E-state index in [0.29, 0.717) is 23.7 Å². The summed E-state index contributed by atoms with van der Waals surface area (Å²) in [7, 11) is 0. The van der Waals surface area contributed by atoms with Crippen LogP contribution in [0.5, 0.6) is 0 Å². The molecule has 2 rings (SSSR count). The van der Waals surface area contributed by atoms with Gasteiger partial charge in [-0.2, -0.15) is 0 Å². The lowest BCUT2D eigenvalue weighted by Crippen LogP contribution is -2.35. The van der Waals surface area contributed by atoms with Gasteiger partial charge in [0.2, 0.25) is 5.91 Å². The Balaban J connectivity index is 2.06. The van der Waals surface area contributed by atoms with Gasteiger partial charge < -0.3 is 15.0 Å². The molecule has 0 saturated heterocycles. The number of rotatable bonds is 9. The number of thiophene rings is 1. The van der Waals surface area contributed by atoms with Crippen LogP contribution >= 0.6 is 11.3 Å². The number of hydrogen-bond donors (Lipinski definition) is 1. The van der Waals surface area contributed by atoms with Crippen molar-refractivity contribution >= 4 is 34.1 Å². The highest BCUT2D eigenvalue weighted by Gasteiger charge is 2.32. The highest BCUT2D eigenvalue weighted by atomic mass is 32.1. The summed E-state index contributed by atoms with van der Waals surface area (Å²) in [6.07, 6.45) is 4.96. The van der Waals surface area contributed by atoms with E-state index in [4.69, 9.17) is 4.74 Å². The molecule has 6 nitrogen and oxygen atoms in total. The van der Waals surface area contributed by atoms with Crippen LogP contribution in [-0.4, -0.2) is 42.4 Å². The normalized spacial score (nSPS) is 13.0. The van der Waals surface area contributed by atoms with Crippen molar-refractivity contribution in [2.45, 2.75) is 26.7 Å². The fourth-order valence-electron chi connectivity index (χ4n) is 2.40. The topological polar surface area (TPSA) is 75.7 Å². The van der Waals surface area contributed by atoms with Crippen LogP contribution in [0.3, 0.4) is 0 Å². The molecule has 0 aromatic carbocycles. The van der Waals surface area contributed by atoms with Gasteiger partial charge in [-0.05, 0) is 32.3 Å². The summed E-state index contributed by atoms with van der Waals surface area (Å²) in [5.41, 5.74) is 1.08. The summed E-state index contributed by atoms with van der Waals surface area (Å²) in [5.74, 6) is -0.969. The highest BCUT2D eigenvalue weighted by molar-refractivity contribution is 7.16. The smallest absolute Gasteiger partial charge is 0.341 e. The van der Waals surface area contributed by atoms with Crippen LogP contribution < -0.4 is 5.32 Å². The van der Waals surface area contributed by atoms with Gasteiger partial charge in [-0.25, -0.2) is 4.79 Å². The van der Waals surface area contributed by atoms with E-state index in [1.807, 2.05) is 6.92 Å². The minimum atomic E-state index is -0.608. The van der Waals surface area contributed by atoms with Gasteiger partial charge in [-0.3, -0.25) is 9.59 Å². The van der Waals surface area contributed by atoms with Crippen molar-refractivity contribution in [1.82, 2.24) is 4.90 Å². The monoisotopic (exact) mass is 376 g/mol. The van der Waals surface area contributed by atoms with Gasteiger partial charge in [0.25, 0.3) is 5.91 Å². The van der Waals surface area contributed by atoms with Gasteiger partial charge in [0.15, 0.2) is 6.61 Å². The number of amides is 2. The molecule has 1 aromatic heterocycles. The molecule has 0 atom stereocenters. The molecule has 0 bridgehead atoms. The van der Waals surface area contributed by atoms with Crippen molar-refractivity contribution in [2.75, 3.05) is 25.0 Å². The molecule has 1 aromatic rings. The fraction of sp³-hybridized carbons (Fsp3) is 0.421. The quantitative estimate of drug-likeness (QED) is 0.531. The Kier molecular flexibility index (Phi) is 6.74. The number of aryl methyl sites for hydroxylation is 1. The Hall–Kier alpha value is -2.41. The molecule has 1 saturated carbocycles. The third kappa shape index (κ3) is 4.82. The minimum absolute atomic E-state index is 0.0366. The predicted molar refractivity (Wildman–Crippen MR) is 102 cm³/mol. The first-order valence-electron chi connectivity index (χ1n) is 8.46. The zero-order chi connectivity index (χ0) is 19.3. The number of nitrogens with one attached hydrogen (secondary N) is 1. The molecule has 2 amide bonds. The molecule has 1 aliphatic rings. The van der Waals surface area contributed by atoms with Gasteiger partial charge >= 0.3 is 5.97 Å². The Morgan fingerprint density at radius 3 is 2.38 bits per heavy atom. The molecule has 7 heteroatoms. The van der Waals surface area contributed by atoms with E-state index >= 15 is 0 Å². The maximum atomic E-state index is 12.5. The highest BCUT2D eigenvalue weighted by Crippen LogP contribution is 2.36. The van der Waals surface area contributed by atoms with Crippen molar-refractivity contribution in [3.05, 3.63) is 41.3 Å². The predicted octanol–water partition coefficient (Wildman–Crippen LogP) is 3.07. The second-order valence-corrected chi connectivity index (χ2v) is 7.43. The number of carbonyl (C=O) groups excluding carboxylic acids is 3. The van der Waals surface area contributed by atoms with Crippen LogP contribution in [0.4, 0.5) is 5.00 Å². The lowest BCUT2D eigenvalue weighted by molar-refractivity contribution is -0.133. The van der Waals surface area contributed by atoms with Gasteiger partial charge in [0.05, 0.1) is 5.56 Å². The number of anilines is 1. The second-order valence-electron chi connectivity index (χ2n) is 6.20. The lowest BCUT2D eigenvalue weighted by atomic mass is 10.1. The first-order valence-corrected chi connectivity index (χ1v) is 9.28. The van der Waals surface area contributed by atoms with Crippen molar-refractivity contribution in [1.29, 1.82) is 0 Å². The number of ether oxygens (including phenoxy) is 1. The molecule has 26 heavy (non-hydrogen) atoms. The molecule has 1 N–H and O–H groups in total. The Morgan fingerprint density at radius 2 is 1.85 bits per heavy atom. The van der Waals surface area contributed by atoms with Gasteiger partial charge in [-0.15, -0.1) is 24.5 Å². The third-order valence-electron chi connectivity index (χ3n) is 4.15. The van der Waals surface area contributed by atoms with E-state index in [0.717, 1.165) is 23.3 Å². The molecule has 0 radical (unpaired) electrons. The Labute approximate surface area is 157 Å². The van der Waals surface area contributed by atoms with E-state index in [1.165, 1.54) is 16.2 Å². The number of nitrogens with zero attached hydrogens (tertiary/aromatic N) is 1. The number of hydrogen-bond acceptors (Lipinski definition) is 5. The van der Waals surface area contributed by atoms with Gasteiger partial charge in [0.1, 0.15) is 5.00 Å². The second kappa shape index (κ2) is 8.80. The van der Waals surface area contributed by atoms with E-state index in [2.05, 4.69) is 18.5 Å². The van der Waals surface area contributed by atoms with Crippen molar-refractivity contribution in [2.24, 2.45) is 5.92 Å². The Morgan fingerprint density at radius 1 is 1.23 bits per heavy atom.